The SMILES string of the molecule is CCC(=O)CCCCC[C@H](NC(=O)[C@H]1CC12CCN(C)CC2)c1ncc(-c2ccc(N=C(C)C=C(C)N)cc2)[nH]1. The maximum atomic E-state index is 13.4. The van der Waals surface area contributed by atoms with Crippen LogP contribution in [0.3, 0.4) is 0 Å². The third-order valence-corrected chi connectivity index (χ3v) is 8.49. The number of aliphatic imine (C=N–C) groups is 1. The lowest BCUT2D eigenvalue weighted by molar-refractivity contribution is -0.124. The van der Waals surface area contributed by atoms with E-state index in [1.165, 1.54) is 0 Å². The van der Waals surface area contributed by atoms with E-state index in [0.717, 1.165) is 92.2 Å². The molecule has 216 valence electrons. The number of nitrogens with zero attached hydrogens (tertiary/aromatic N) is 3. The maximum Gasteiger partial charge on any atom is 0.224 e. The highest BCUT2D eigenvalue weighted by molar-refractivity contribution is 5.95. The molecule has 4 rings (SSSR count). The number of allylic oxidation sites excluding steroid dienone is 2. The van der Waals surface area contributed by atoms with Gasteiger partial charge in [-0.15, -0.1) is 0 Å². The summed E-state index contributed by atoms with van der Waals surface area (Å²) in [5, 5.41) is 3.35. The molecule has 8 nitrogen and oxygen atoms in total. The van der Waals surface area contributed by atoms with Crippen molar-refractivity contribution in [2.45, 2.75) is 84.6 Å². The fourth-order valence-electron chi connectivity index (χ4n) is 5.85. The number of aromatic nitrogens is 2. The zero-order valence-corrected chi connectivity index (χ0v) is 24.6. The Morgan fingerprint density at radius 3 is 2.60 bits per heavy atom. The molecule has 1 spiro atoms. The number of Topliss-reactive ketones (excluding diaryl/α,β-unsaturated/α-hetero) is 1. The summed E-state index contributed by atoms with van der Waals surface area (Å²) in [4.78, 5) is 40.2. The molecule has 2 heterocycles. The Morgan fingerprint density at radius 2 is 1.93 bits per heavy atom. The van der Waals surface area contributed by atoms with Gasteiger partial charge in [-0.05, 0) is 95.3 Å². The molecule has 4 N–H and O–H groups in total. The van der Waals surface area contributed by atoms with Crippen molar-refractivity contribution >= 4 is 23.1 Å². The Hall–Kier alpha value is -3.26. The molecule has 2 aromatic rings. The van der Waals surface area contributed by atoms with E-state index in [0.29, 0.717) is 18.6 Å². The van der Waals surface area contributed by atoms with Gasteiger partial charge in [-0.25, -0.2) is 4.98 Å². The fraction of sp³-hybridized carbons (Fsp3) is 0.562. The summed E-state index contributed by atoms with van der Waals surface area (Å²) in [5.41, 5.74) is 10.3. The number of nitrogens with two attached hydrogens (primary N) is 1. The second kappa shape index (κ2) is 13.4. The number of piperidine rings is 1. The number of ketones is 1. The number of carbonyl (C=O) groups excluding carboxylic acids is 2. The molecule has 1 aliphatic heterocycles. The van der Waals surface area contributed by atoms with Crippen molar-refractivity contribution in [3.63, 3.8) is 0 Å². The van der Waals surface area contributed by atoms with Crippen LogP contribution < -0.4 is 11.1 Å². The first-order chi connectivity index (χ1) is 19.2. The molecule has 0 bridgehead atoms. The average Bonchev–Trinajstić information content (AvgIpc) is 3.40. The first-order valence-corrected chi connectivity index (χ1v) is 14.8. The van der Waals surface area contributed by atoms with Crippen LogP contribution in [0.1, 0.15) is 90.4 Å². The number of amides is 1. The maximum absolute atomic E-state index is 13.4. The molecule has 0 unspecified atom stereocenters. The van der Waals surface area contributed by atoms with Gasteiger partial charge < -0.3 is 20.9 Å². The molecule has 2 aliphatic rings. The quantitative estimate of drug-likeness (QED) is 0.215. The molecule has 1 saturated carbocycles. The standard InChI is InChI=1S/C32H46N6O2/c1-5-26(39)9-7-6-8-10-28(37-31(40)27-20-32(27)15-17-38(4)18-16-32)30-34-21-29(36-30)24-11-13-25(14-12-24)35-23(3)19-22(2)33/h11-14,19,21,27-28H,5-10,15-18,20,33H2,1-4H3,(H,34,36)(H,37,40)/t27-,28+/m1/s1. The van der Waals surface area contributed by atoms with Crippen LogP contribution in [0, 0.1) is 11.3 Å². The van der Waals surface area contributed by atoms with Gasteiger partial charge in [-0.2, -0.15) is 0 Å². The number of H-pyrrole nitrogens is 1. The van der Waals surface area contributed by atoms with E-state index < -0.39 is 0 Å². The number of likely N-dealkylation sites (tertiary alicyclic amines) is 1. The third-order valence-electron chi connectivity index (χ3n) is 8.49. The summed E-state index contributed by atoms with van der Waals surface area (Å²) in [6.07, 6.45) is 11.7. The smallest absolute Gasteiger partial charge is 0.224 e. The van der Waals surface area contributed by atoms with Crippen molar-refractivity contribution in [2.24, 2.45) is 22.1 Å². The van der Waals surface area contributed by atoms with Gasteiger partial charge in [-0.1, -0.05) is 31.9 Å². The highest BCUT2D eigenvalue weighted by atomic mass is 16.2. The molecule has 40 heavy (non-hydrogen) atoms. The van der Waals surface area contributed by atoms with Crippen LogP contribution in [-0.2, 0) is 9.59 Å². The second-order valence-corrected chi connectivity index (χ2v) is 11.8. The Kier molecular flexibility index (Phi) is 9.95. The van der Waals surface area contributed by atoms with Gasteiger partial charge in [-0.3, -0.25) is 14.6 Å². The summed E-state index contributed by atoms with van der Waals surface area (Å²) in [7, 11) is 2.16. The molecule has 2 fully saturated rings. The normalized spacial score (nSPS) is 19.9. The van der Waals surface area contributed by atoms with E-state index in [1.54, 1.807) is 0 Å². The molecular formula is C32H46N6O2. The number of rotatable bonds is 13. The number of unbranched alkanes of at least 4 members (excludes halogenated alkanes) is 2. The lowest BCUT2D eigenvalue weighted by atomic mass is 9.91. The van der Waals surface area contributed by atoms with Crippen LogP contribution in [0.4, 0.5) is 5.69 Å². The first kappa shape index (κ1) is 29.7. The van der Waals surface area contributed by atoms with Crippen LogP contribution in [0.2, 0.25) is 0 Å². The van der Waals surface area contributed by atoms with Crippen molar-refractivity contribution in [3.8, 4) is 11.3 Å². The van der Waals surface area contributed by atoms with Crippen LogP contribution in [0.5, 0.6) is 0 Å². The molecule has 1 aromatic carbocycles. The van der Waals surface area contributed by atoms with E-state index in [1.807, 2.05) is 57.3 Å². The molecule has 1 aliphatic carbocycles. The van der Waals surface area contributed by atoms with E-state index in [2.05, 4.69) is 27.2 Å². The topological polar surface area (TPSA) is 116 Å². The minimum Gasteiger partial charge on any atom is -0.402 e. The number of aromatic amines is 1. The number of hydrogen-bond donors (Lipinski definition) is 3. The summed E-state index contributed by atoms with van der Waals surface area (Å²) in [5.74, 6) is 1.37. The van der Waals surface area contributed by atoms with Gasteiger partial charge in [0, 0.05) is 30.2 Å². The van der Waals surface area contributed by atoms with Gasteiger partial charge in [0.1, 0.15) is 11.6 Å². The van der Waals surface area contributed by atoms with Gasteiger partial charge in [0.15, 0.2) is 0 Å². The number of benzene rings is 1. The van der Waals surface area contributed by atoms with Crippen molar-refractivity contribution in [2.75, 3.05) is 20.1 Å². The van der Waals surface area contributed by atoms with Gasteiger partial charge in [0.2, 0.25) is 5.91 Å². The summed E-state index contributed by atoms with van der Waals surface area (Å²) in [6.45, 7) is 7.83. The van der Waals surface area contributed by atoms with E-state index >= 15 is 0 Å². The van der Waals surface area contributed by atoms with Crippen LogP contribution >= 0.6 is 0 Å². The number of nitrogens with one attached hydrogen (secondary N) is 2. The molecule has 8 heteroatoms. The Labute approximate surface area is 238 Å². The van der Waals surface area contributed by atoms with E-state index in [4.69, 9.17) is 10.7 Å². The zero-order chi connectivity index (χ0) is 28.7. The second-order valence-electron chi connectivity index (χ2n) is 11.8. The predicted molar refractivity (Wildman–Crippen MR) is 161 cm³/mol. The molecule has 1 amide bonds. The molecule has 1 saturated heterocycles. The molecule has 2 atom stereocenters. The van der Waals surface area contributed by atoms with Crippen molar-refractivity contribution in [3.05, 3.63) is 48.1 Å². The zero-order valence-electron chi connectivity index (χ0n) is 24.6. The van der Waals surface area contributed by atoms with Gasteiger partial charge in [0.05, 0.1) is 23.6 Å². The lowest BCUT2D eigenvalue weighted by Crippen LogP contribution is -2.36. The van der Waals surface area contributed by atoms with Gasteiger partial charge >= 0.3 is 0 Å². The molecule has 1 aromatic heterocycles. The highest BCUT2D eigenvalue weighted by Crippen LogP contribution is 2.59. The number of imidazole rings is 1. The van der Waals surface area contributed by atoms with Crippen LogP contribution in [0.25, 0.3) is 11.3 Å². The van der Waals surface area contributed by atoms with Crippen LogP contribution in [-0.4, -0.2) is 52.4 Å². The molecular weight excluding hydrogens is 500 g/mol. The monoisotopic (exact) mass is 546 g/mol. The van der Waals surface area contributed by atoms with Crippen LogP contribution in [0.15, 0.2) is 47.2 Å². The number of carbonyl (C=O) groups is 2. The summed E-state index contributed by atoms with van der Waals surface area (Å²) < 4.78 is 0. The Morgan fingerprint density at radius 1 is 1.20 bits per heavy atom. The average molecular weight is 547 g/mol. The van der Waals surface area contributed by atoms with E-state index in [-0.39, 0.29) is 23.3 Å². The predicted octanol–water partition coefficient (Wildman–Crippen LogP) is 5.85. The third kappa shape index (κ3) is 7.90. The largest absolute Gasteiger partial charge is 0.402 e. The van der Waals surface area contributed by atoms with Crippen molar-refractivity contribution in [1.29, 1.82) is 0 Å². The first-order valence-electron chi connectivity index (χ1n) is 14.8. The fourth-order valence-corrected chi connectivity index (χ4v) is 5.85. The lowest BCUT2D eigenvalue weighted by Gasteiger charge is -2.30. The minimum atomic E-state index is -0.176. The Balaban J connectivity index is 1.43. The van der Waals surface area contributed by atoms with E-state index in [9.17, 15) is 9.59 Å². The summed E-state index contributed by atoms with van der Waals surface area (Å²) in [6, 6.07) is 7.82. The summed E-state index contributed by atoms with van der Waals surface area (Å²) >= 11 is 0. The van der Waals surface area contributed by atoms with Crippen molar-refractivity contribution in [1.82, 2.24) is 20.2 Å². The number of hydrogen-bond acceptors (Lipinski definition) is 6. The van der Waals surface area contributed by atoms with Crippen molar-refractivity contribution < 1.29 is 9.59 Å². The van der Waals surface area contributed by atoms with Gasteiger partial charge in [0.25, 0.3) is 0 Å². The highest BCUT2D eigenvalue weighted by Gasteiger charge is 2.58. The minimum absolute atomic E-state index is 0.106. The Bertz CT molecular complexity index is 1220. The molecule has 0 radical (unpaired) electrons.